The Morgan fingerprint density at radius 1 is 0.778 bits per heavy atom. The molecule has 0 unspecified atom stereocenters. The lowest BCUT2D eigenvalue weighted by atomic mass is 10.00. The molecule has 3 aromatic rings. The van der Waals surface area contributed by atoms with E-state index >= 15 is 0 Å². The van der Waals surface area contributed by atoms with Gasteiger partial charge in [0.2, 0.25) is 0 Å². The summed E-state index contributed by atoms with van der Waals surface area (Å²) >= 11 is 0. The van der Waals surface area contributed by atoms with Gasteiger partial charge in [0.15, 0.2) is 0 Å². The first-order valence-corrected chi connectivity index (χ1v) is 8.42. The summed E-state index contributed by atoms with van der Waals surface area (Å²) in [6.45, 7) is 1.77. The number of amides is 2. The number of aryl methyl sites for hydroxylation is 1. The molecule has 2 amide bonds. The molecule has 1 aliphatic rings. The average Bonchev–Trinajstić information content (AvgIpc) is 2.94. The third-order valence-corrected chi connectivity index (χ3v) is 4.50. The first kappa shape index (κ1) is 16.7. The van der Waals surface area contributed by atoms with Crippen molar-refractivity contribution in [3.05, 3.63) is 95.1 Å². The van der Waals surface area contributed by atoms with Gasteiger partial charge in [-0.2, -0.15) is 0 Å². The summed E-state index contributed by atoms with van der Waals surface area (Å²) in [6, 6.07) is 21.4. The Hall–Kier alpha value is -3.73. The normalized spacial score (nSPS) is 12.9. The second kappa shape index (κ2) is 6.53. The molecule has 0 fully saturated rings. The van der Waals surface area contributed by atoms with E-state index in [1.54, 1.807) is 31.2 Å². The Labute approximate surface area is 155 Å². The number of rotatable bonds is 3. The van der Waals surface area contributed by atoms with Crippen LogP contribution in [0.3, 0.4) is 0 Å². The Morgan fingerprint density at radius 2 is 1.37 bits per heavy atom. The lowest BCUT2D eigenvalue weighted by molar-refractivity contribution is -0.0585. The van der Waals surface area contributed by atoms with E-state index in [0.29, 0.717) is 16.2 Å². The van der Waals surface area contributed by atoms with Crippen molar-refractivity contribution in [2.45, 2.75) is 6.92 Å². The smallest absolute Gasteiger partial charge is 0.324 e. The lowest BCUT2D eigenvalue weighted by Gasteiger charge is -2.14. The summed E-state index contributed by atoms with van der Waals surface area (Å²) in [7, 11) is 0. The molecule has 0 aromatic heterocycles. The van der Waals surface area contributed by atoms with Gasteiger partial charge in [0.05, 0.1) is 16.7 Å². The van der Waals surface area contributed by atoms with Gasteiger partial charge in [-0.1, -0.05) is 59.7 Å². The molecular formula is C22H15NO4. The third-order valence-electron chi connectivity index (χ3n) is 4.50. The summed E-state index contributed by atoms with van der Waals surface area (Å²) in [6.07, 6.45) is 0. The number of fused-ring (bicyclic) bond motifs is 1. The number of nitrogens with zero attached hydrogens (tertiary/aromatic N) is 1. The summed E-state index contributed by atoms with van der Waals surface area (Å²) in [5.41, 5.74) is 3.24. The van der Waals surface area contributed by atoms with Gasteiger partial charge in [0.1, 0.15) is 0 Å². The van der Waals surface area contributed by atoms with Gasteiger partial charge in [-0.05, 0) is 41.8 Å². The zero-order valence-electron chi connectivity index (χ0n) is 14.5. The zero-order chi connectivity index (χ0) is 19.0. The van der Waals surface area contributed by atoms with E-state index in [1.165, 1.54) is 12.1 Å². The minimum atomic E-state index is -0.750. The lowest BCUT2D eigenvalue weighted by Crippen LogP contribution is -2.32. The summed E-state index contributed by atoms with van der Waals surface area (Å²) in [5, 5.41) is 0.529. The van der Waals surface area contributed by atoms with Gasteiger partial charge in [-0.15, -0.1) is 0 Å². The molecule has 3 aromatic carbocycles. The molecule has 0 spiro atoms. The molecule has 27 heavy (non-hydrogen) atoms. The van der Waals surface area contributed by atoms with Gasteiger partial charge in [-0.3, -0.25) is 9.59 Å². The number of carbonyl (C=O) groups excluding carboxylic acids is 3. The SMILES string of the molecule is Cc1ccc(-c2ccccc2)cc1C(=O)ON1C(=O)c2ccccc2C1=O. The van der Waals surface area contributed by atoms with Crippen LogP contribution in [0.2, 0.25) is 0 Å². The van der Waals surface area contributed by atoms with Crippen LogP contribution in [-0.2, 0) is 4.84 Å². The molecule has 0 saturated heterocycles. The van der Waals surface area contributed by atoms with Crippen molar-refractivity contribution >= 4 is 17.8 Å². The van der Waals surface area contributed by atoms with Crippen molar-refractivity contribution in [2.24, 2.45) is 0 Å². The molecule has 0 radical (unpaired) electrons. The van der Waals surface area contributed by atoms with Crippen molar-refractivity contribution in [3.63, 3.8) is 0 Å². The van der Waals surface area contributed by atoms with E-state index in [-0.39, 0.29) is 11.1 Å². The highest BCUT2D eigenvalue weighted by atomic mass is 16.7. The standard InChI is InChI=1S/C22H15NO4/c1-14-11-12-16(15-7-3-2-4-8-15)13-19(14)22(26)27-23-20(24)17-9-5-6-10-18(17)21(23)25/h2-13H,1H3. The molecule has 5 heteroatoms. The van der Waals surface area contributed by atoms with Crippen LogP contribution in [0.25, 0.3) is 11.1 Å². The first-order valence-electron chi connectivity index (χ1n) is 8.42. The van der Waals surface area contributed by atoms with Crippen LogP contribution in [0.4, 0.5) is 0 Å². The Kier molecular flexibility index (Phi) is 4.05. The van der Waals surface area contributed by atoms with Gasteiger partial charge in [-0.25, -0.2) is 4.79 Å². The Balaban J connectivity index is 1.63. The van der Waals surface area contributed by atoms with Crippen molar-refractivity contribution in [1.29, 1.82) is 0 Å². The second-order valence-corrected chi connectivity index (χ2v) is 6.22. The molecule has 0 saturated carbocycles. The minimum Gasteiger partial charge on any atom is -0.324 e. The Morgan fingerprint density at radius 3 is 2.00 bits per heavy atom. The van der Waals surface area contributed by atoms with Gasteiger partial charge < -0.3 is 4.84 Å². The van der Waals surface area contributed by atoms with Crippen LogP contribution in [0.1, 0.15) is 36.6 Å². The summed E-state index contributed by atoms with van der Waals surface area (Å²) < 4.78 is 0. The second-order valence-electron chi connectivity index (χ2n) is 6.22. The van der Waals surface area contributed by atoms with E-state index in [0.717, 1.165) is 11.1 Å². The highest BCUT2D eigenvalue weighted by Gasteiger charge is 2.38. The molecular weight excluding hydrogens is 342 g/mol. The van der Waals surface area contributed by atoms with E-state index in [2.05, 4.69) is 0 Å². The molecule has 5 nitrogen and oxygen atoms in total. The maximum absolute atomic E-state index is 12.7. The zero-order valence-corrected chi connectivity index (χ0v) is 14.5. The van der Waals surface area contributed by atoms with Crippen molar-refractivity contribution in [2.75, 3.05) is 0 Å². The van der Waals surface area contributed by atoms with Crippen molar-refractivity contribution in [3.8, 4) is 11.1 Å². The van der Waals surface area contributed by atoms with E-state index in [9.17, 15) is 14.4 Å². The highest BCUT2D eigenvalue weighted by molar-refractivity contribution is 6.21. The number of hydrogen-bond acceptors (Lipinski definition) is 4. The molecule has 1 aliphatic heterocycles. The fourth-order valence-corrected chi connectivity index (χ4v) is 3.03. The maximum atomic E-state index is 12.7. The molecule has 4 rings (SSSR count). The van der Waals surface area contributed by atoms with E-state index < -0.39 is 17.8 Å². The van der Waals surface area contributed by atoms with Crippen molar-refractivity contribution in [1.82, 2.24) is 5.06 Å². The predicted molar refractivity (Wildman–Crippen MR) is 99.0 cm³/mol. The Bertz CT molecular complexity index is 1040. The van der Waals surface area contributed by atoms with E-state index in [1.807, 2.05) is 36.4 Å². The molecule has 0 atom stereocenters. The number of carbonyl (C=O) groups is 3. The van der Waals surface area contributed by atoms with Gasteiger partial charge in [0.25, 0.3) is 11.8 Å². The largest absolute Gasteiger partial charge is 0.364 e. The van der Waals surface area contributed by atoms with Crippen molar-refractivity contribution < 1.29 is 19.2 Å². The molecule has 0 N–H and O–H groups in total. The predicted octanol–water partition coefficient (Wildman–Crippen LogP) is 4.03. The molecule has 1 heterocycles. The van der Waals surface area contributed by atoms with Crippen LogP contribution in [0.15, 0.2) is 72.8 Å². The van der Waals surface area contributed by atoms with Crippen LogP contribution in [0.5, 0.6) is 0 Å². The number of benzene rings is 3. The molecule has 0 bridgehead atoms. The van der Waals surface area contributed by atoms with Crippen LogP contribution < -0.4 is 0 Å². The minimum absolute atomic E-state index is 0.227. The van der Waals surface area contributed by atoms with Gasteiger partial charge in [0, 0.05) is 0 Å². The third kappa shape index (κ3) is 2.89. The number of hydroxylamine groups is 2. The topological polar surface area (TPSA) is 63.7 Å². The summed E-state index contributed by atoms with van der Waals surface area (Å²) in [5.74, 6) is -2.03. The molecule has 0 aliphatic carbocycles. The molecule has 132 valence electrons. The van der Waals surface area contributed by atoms with E-state index in [4.69, 9.17) is 4.84 Å². The van der Waals surface area contributed by atoms with Crippen LogP contribution in [0, 0.1) is 6.92 Å². The monoisotopic (exact) mass is 357 g/mol. The van der Waals surface area contributed by atoms with Gasteiger partial charge >= 0.3 is 5.97 Å². The maximum Gasteiger partial charge on any atom is 0.364 e. The quantitative estimate of drug-likeness (QED) is 0.664. The average molecular weight is 357 g/mol. The van der Waals surface area contributed by atoms with Crippen LogP contribution in [-0.4, -0.2) is 22.8 Å². The fraction of sp³-hybridized carbons (Fsp3) is 0.0455. The number of imide groups is 1. The fourth-order valence-electron chi connectivity index (χ4n) is 3.03. The summed E-state index contributed by atoms with van der Waals surface area (Å²) in [4.78, 5) is 42.6. The number of hydrogen-bond donors (Lipinski definition) is 0. The highest BCUT2D eigenvalue weighted by Crippen LogP contribution is 2.26. The van der Waals surface area contributed by atoms with Crippen LogP contribution >= 0.6 is 0 Å². The first-order chi connectivity index (χ1) is 13.1.